The number of aromatic nitrogens is 1. The third kappa shape index (κ3) is 5.20. The molecule has 0 unspecified atom stereocenters. The molecule has 31 heavy (non-hydrogen) atoms. The van der Waals surface area contributed by atoms with Gasteiger partial charge in [0.2, 0.25) is 0 Å². The molecule has 2 aromatic carbocycles. The molecule has 0 bridgehead atoms. The Morgan fingerprint density at radius 2 is 1.68 bits per heavy atom. The van der Waals surface area contributed by atoms with Gasteiger partial charge in [0.15, 0.2) is 0 Å². The second-order valence-corrected chi connectivity index (χ2v) is 7.14. The highest BCUT2D eigenvalue weighted by Crippen LogP contribution is 2.34. The van der Waals surface area contributed by atoms with Crippen LogP contribution in [0.2, 0.25) is 0 Å². The summed E-state index contributed by atoms with van der Waals surface area (Å²) in [6, 6.07) is 8.51. The number of halogens is 4. The number of pyridine rings is 1. The zero-order chi connectivity index (χ0) is 22.8. The Balaban J connectivity index is 1.99. The second kappa shape index (κ2) is 8.75. The van der Waals surface area contributed by atoms with Crippen molar-refractivity contribution in [1.82, 2.24) is 4.98 Å². The number of hydrogen-bond acceptors (Lipinski definition) is 3. The maximum Gasteiger partial charge on any atom is 0.416 e. The van der Waals surface area contributed by atoms with Crippen molar-refractivity contribution in [3.63, 3.8) is 0 Å². The number of hydrogen-bond donors (Lipinski definition) is 2. The van der Waals surface area contributed by atoms with E-state index in [1.165, 1.54) is 24.4 Å². The topological polar surface area (TPSA) is 54.0 Å². The molecule has 0 aliphatic carbocycles. The van der Waals surface area contributed by atoms with Gasteiger partial charge in [0, 0.05) is 11.4 Å². The van der Waals surface area contributed by atoms with E-state index >= 15 is 0 Å². The molecule has 1 aromatic heterocycles. The maximum absolute atomic E-state index is 13.4. The summed E-state index contributed by atoms with van der Waals surface area (Å²) in [6.07, 6.45) is -2.33. The fourth-order valence-electron chi connectivity index (χ4n) is 3.06. The monoisotopic (exact) mass is 431 g/mol. The molecule has 8 heteroatoms. The minimum absolute atomic E-state index is 0.00990. The first-order valence-electron chi connectivity index (χ1n) is 9.59. The Bertz CT molecular complexity index is 1130. The van der Waals surface area contributed by atoms with Crippen LogP contribution in [-0.2, 0) is 12.6 Å². The fourth-order valence-corrected chi connectivity index (χ4v) is 3.06. The van der Waals surface area contributed by atoms with Gasteiger partial charge >= 0.3 is 6.18 Å². The summed E-state index contributed by atoms with van der Waals surface area (Å²) >= 11 is 0. The molecule has 0 fully saturated rings. The van der Waals surface area contributed by atoms with E-state index in [-0.39, 0.29) is 11.3 Å². The Morgan fingerprint density at radius 1 is 0.968 bits per heavy atom. The molecule has 1 heterocycles. The number of anilines is 3. The van der Waals surface area contributed by atoms with Gasteiger partial charge in [-0.05, 0) is 73.9 Å². The molecule has 0 saturated carbocycles. The molecule has 0 radical (unpaired) electrons. The van der Waals surface area contributed by atoms with E-state index in [4.69, 9.17) is 0 Å². The summed E-state index contributed by atoms with van der Waals surface area (Å²) in [6.45, 7) is 5.38. The van der Waals surface area contributed by atoms with Crippen LogP contribution < -0.4 is 10.6 Å². The predicted molar refractivity (Wildman–Crippen MR) is 112 cm³/mol. The number of aryl methyl sites for hydroxylation is 3. The number of amides is 1. The number of alkyl halides is 3. The number of nitrogens with one attached hydrogen (secondary N) is 2. The standard InChI is InChI=1S/C23H21F4N3O/c1-4-17-10-14(3)21(12-28-17)30-22(31)18-7-5-15(23(25,26)27)11-20(18)29-19-8-6-16(24)9-13(19)2/h5-12,29H,4H2,1-3H3,(H,30,31). The smallest absolute Gasteiger partial charge is 0.355 e. The lowest BCUT2D eigenvalue weighted by molar-refractivity contribution is -0.137. The molecule has 0 aliphatic rings. The molecule has 1 amide bonds. The van der Waals surface area contributed by atoms with Gasteiger partial charge in [-0.15, -0.1) is 0 Å². The quantitative estimate of drug-likeness (QED) is 0.459. The first-order valence-corrected chi connectivity index (χ1v) is 9.59. The van der Waals surface area contributed by atoms with Crippen molar-refractivity contribution in [2.24, 2.45) is 0 Å². The summed E-state index contributed by atoms with van der Waals surface area (Å²) in [5.41, 5.74) is 2.05. The number of carbonyl (C=O) groups excluding carboxylic acids is 1. The molecule has 3 rings (SSSR count). The lowest BCUT2D eigenvalue weighted by Gasteiger charge is -2.17. The summed E-state index contributed by atoms with van der Waals surface area (Å²) in [4.78, 5) is 17.2. The van der Waals surface area contributed by atoms with Crippen LogP contribution in [0.25, 0.3) is 0 Å². The van der Waals surface area contributed by atoms with Crippen LogP contribution >= 0.6 is 0 Å². The van der Waals surface area contributed by atoms with Crippen molar-refractivity contribution in [3.05, 3.63) is 82.4 Å². The molecule has 0 spiro atoms. The number of benzene rings is 2. The molecule has 0 saturated heterocycles. The molecule has 4 nitrogen and oxygen atoms in total. The van der Waals surface area contributed by atoms with Crippen LogP contribution in [-0.4, -0.2) is 10.9 Å². The minimum atomic E-state index is -4.58. The predicted octanol–water partition coefficient (Wildman–Crippen LogP) is 6.41. The molecule has 2 N–H and O–H groups in total. The van der Waals surface area contributed by atoms with E-state index in [1.807, 2.05) is 19.9 Å². The molecule has 3 aromatic rings. The van der Waals surface area contributed by atoms with Crippen LogP contribution in [0.5, 0.6) is 0 Å². The summed E-state index contributed by atoms with van der Waals surface area (Å²) in [5.74, 6) is -1.06. The van der Waals surface area contributed by atoms with Crippen LogP contribution in [0.15, 0.2) is 48.7 Å². The normalized spacial score (nSPS) is 11.3. The van der Waals surface area contributed by atoms with Crippen molar-refractivity contribution in [2.45, 2.75) is 33.4 Å². The lowest BCUT2D eigenvalue weighted by atomic mass is 10.1. The Hall–Kier alpha value is -3.42. The minimum Gasteiger partial charge on any atom is -0.355 e. The molecule has 0 atom stereocenters. The Kier molecular flexibility index (Phi) is 6.29. The highest BCUT2D eigenvalue weighted by molar-refractivity contribution is 6.08. The Labute approximate surface area is 177 Å². The van der Waals surface area contributed by atoms with Crippen LogP contribution in [0.4, 0.5) is 34.6 Å². The van der Waals surface area contributed by atoms with E-state index < -0.39 is 23.5 Å². The van der Waals surface area contributed by atoms with Gasteiger partial charge in [-0.25, -0.2) is 4.39 Å². The summed E-state index contributed by atoms with van der Waals surface area (Å²) in [5, 5.41) is 5.54. The number of carbonyl (C=O) groups is 1. The van der Waals surface area contributed by atoms with Crippen molar-refractivity contribution in [3.8, 4) is 0 Å². The van der Waals surface area contributed by atoms with Gasteiger partial charge in [-0.3, -0.25) is 9.78 Å². The zero-order valence-electron chi connectivity index (χ0n) is 17.2. The average Bonchev–Trinajstić information content (AvgIpc) is 2.70. The van der Waals surface area contributed by atoms with E-state index in [1.54, 1.807) is 6.92 Å². The number of nitrogens with zero attached hydrogens (tertiary/aromatic N) is 1. The van der Waals surface area contributed by atoms with E-state index in [2.05, 4.69) is 15.6 Å². The van der Waals surface area contributed by atoms with Gasteiger partial charge in [-0.2, -0.15) is 13.2 Å². The first-order chi connectivity index (χ1) is 14.6. The molecule has 0 aliphatic heterocycles. The second-order valence-electron chi connectivity index (χ2n) is 7.14. The van der Waals surface area contributed by atoms with Gasteiger partial charge in [0.25, 0.3) is 5.91 Å². The van der Waals surface area contributed by atoms with Crippen LogP contribution in [0.3, 0.4) is 0 Å². The van der Waals surface area contributed by atoms with Crippen LogP contribution in [0.1, 0.15) is 39.7 Å². The zero-order valence-corrected chi connectivity index (χ0v) is 17.2. The van der Waals surface area contributed by atoms with Crippen molar-refractivity contribution in [1.29, 1.82) is 0 Å². The van der Waals surface area contributed by atoms with Crippen molar-refractivity contribution in [2.75, 3.05) is 10.6 Å². The Morgan fingerprint density at radius 3 is 2.29 bits per heavy atom. The SMILES string of the molecule is CCc1cc(C)c(NC(=O)c2ccc(C(F)(F)F)cc2Nc2ccc(F)cc2C)cn1. The lowest BCUT2D eigenvalue weighted by Crippen LogP contribution is -2.16. The van der Waals surface area contributed by atoms with Gasteiger partial charge in [0.1, 0.15) is 5.82 Å². The van der Waals surface area contributed by atoms with Crippen molar-refractivity contribution >= 4 is 23.0 Å². The molecular formula is C23H21F4N3O. The highest BCUT2D eigenvalue weighted by Gasteiger charge is 2.31. The third-order valence-electron chi connectivity index (χ3n) is 4.83. The molecule has 162 valence electrons. The first kappa shape index (κ1) is 22.3. The van der Waals surface area contributed by atoms with E-state index in [9.17, 15) is 22.4 Å². The van der Waals surface area contributed by atoms with Gasteiger partial charge in [-0.1, -0.05) is 6.92 Å². The largest absolute Gasteiger partial charge is 0.416 e. The molecular weight excluding hydrogens is 410 g/mol. The van der Waals surface area contributed by atoms with Gasteiger partial charge < -0.3 is 10.6 Å². The maximum atomic E-state index is 13.4. The van der Waals surface area contributed by atoms with Crippen molar-refractivity contribution < 1.29 is 22.4 Å². The van der Waals surface area contributed by atoms with Crippen LogP contribution in [0, 0.1) is 19.7 Å². The summed E-state index contributed by atoms with van der Waals surface area (Å²) < 4.78 is 53.2. The highest BCUT2D eigenvalue weighted by atomic mass is 19.4. The summed E-state index contributed by atoms with van der Waals surface area (Å²) in [7, 11) is 0. The fraction of sp³-hybridized carbons (Fsp3) is 0.217. The van der Waals surface area contributed by atoms with E-state index in [0.29, 0.717) is 16.9 Å². The van der Waals surface area contributed by atoms with Gasteiger partial charge in [0.05, 0.1) is 28.7 Å². The average molecular weight is 431 g/mol. The van der Waals surface area contributed by atoms with E-state index in [0.717, 1.165) is 35.9 Å². The third-order valence-corrected chi connectivity index (χ3v) is 4.83. The number of rotatable bonds is 5.